The number of nitro groups is 1. The van der Waals surface area contributed by atoms with Gasteiger partial charge in [0.15, 0.2) is 0 Å². The molecule has 1 saturated heterocycles. The Labute approximate surface area is 112 Å². The van der Waals surface area contributed by atoms with Crippen molar-refractivity contribution in [2.45, 2.75) is 32.7 Å². The van der Waals surface area contributed by atoms with Crippen molar-refractivity contribution in [1.82, 2.24) is 0 Å². The number of anilines is 1. The summed E-state index contributed by atoms with van der Waals surface area (Å²) in [5.74, 6) is 0.478. The lowest BCUT2D eigenvalue weighted by molar-refractivity contribution is -0.384. The van der Waals surface area contributed by atoms with Gasteiger partial charge in [-0.1, -0.05) is 31.5 Å². The smallest absolute Gasteiger partial charge is 0.310 e. The van der Waals surface area contributed by atoms with Crippen LogP contribution in [-0.4, -0.2) is 17.5 Å². The van der Waals surface area contributed by atoms with Gasteiger partial charge in [0.25, 0.3) is 0 Å². The summed E-state index contributed by atoms with van der Waals surface area (Å²) >= 11 is 5.96. The Morgan fingerprint density at radius 1 is 1.50 bits per heavy atom. The largest absolute Gasteiger partial charge is 0.363 e. The summed E-state index contributed by atoms with van der Waals surface area (Å²) in [6, 6.07) is 5.51. The van der Waals surface area contributed by atoms with Crippen LogP contribution in [0.15, 0.2) is 18.2 Å². The van der Waals surface area contributed by atoms with E-state index in [1.54, 1.807) is 18.2 Å². The Morgan fingerprint density at radius 3 is 2.83 bits per heavy atom. The Balaban J connectivity index is 2.44. The van der Waals surface area contributed by atoms with Gasteiger partial charge in [-0.2, -0.15) is 0 Å². The average Bonchev–Trinajstić information content (AvgIpc) is 2.76. The molecule has 1 aromatic carbocycles. The number of nitro benzene ring substituents is 1. The molecule has 1 heterocycles. The SMILES string of the molecule is CC(C)C1CCCN1c1cccc(Cl)c1[N+](=O)[O-]. The van der Waals surface area contributed by atoms with E-state index >= 15 is 0 Å². The van der Waals surface area contributed by atoms with Crippen LogP contribution < -0.4 is 4.90 Å². The summed E-state index contributed by atoms with van der Waals surface area (Å²) < 4.78 is 0. The normalized spacial score (nSPS) is 19.6. The number of benzene rings is 1. The highest BCUT2D eigenvalue weighted by molar-refractivity contribution is 6.33. The average molecular weight is 269 g/mol. The Bertz CT molecular complexity index is 462. The molecule has 1 atom stereocenters. The molecule has 98 valence electrons. The van der Waals surface area contributed by atoms with E-state index < -0.39 is 0 Å². The maximum Gasteiger partial charge on any atom is 0.310 e. The second-order valence-corrected chi connectivity index (χ2v) is 5.42. The number of para-hydroxylation sites is 1. The van der Waals surface area contributed by atoms with Crippen LogP contribution in [-0.2, 0) is 0 Å². The van der Waals surface area contributed by atoms with Gasteiger partial charge in [-0.25, -0.2) is 0 Å². The maximum atomic E-state index is 11.2. The van der Waals surface area contributed by atoms with Crippen LogP contribution >= 0.6 is 11.6 Å². The van der Waals surface area contributed by atoms with Crippen LogP contribution in [0.5, 0.6) is 0 Å². The molecule has 5 heteroatoms. The van der Waals surface area contributed by atoms with Crippen molar-refractivity contribution in [2.24, 2.45) is 5.92 Å². The lowest BCUT2D eigenvalue weighted by atomic mass is 10.0. The highest BCUT2D eigenvalue weighted by Gasteiger charge is 2.32. The first-order chi connectivity index (χ1) is 8.52. The van der Waals surface area contributed by atoms with Gasteiger partial charge in [0.1, 0.15) is 10.7 Å². The van der Waals surface area contributed by atoms with Crippen LogP contribution in [0.1, 0.15) is 26.7 Å². The van der Waals surface area contributed by atoms with Gasteiger partial charge in [-0.15, -0.1) is 0 Å². The Hall–Kier alpha value is -1.29. The molecule has 0 N–H and O–H groups in total. The van der Waals surface area contributed by atoms with Crippen LogP contribution in [0, 0.1) is 16.0 Å². The number of hydrogen-bond acceptors (Lipinski definition) is 3. The van der Waals surface area contributed by atoms with Crippen LogP contribution in [0.25, 0.3) is 0 Å². The third kappa shape index (κ3) is 2.29. The van der Waals surface area contributed by atoms with Gasteiger partial charge in [0.2, 0.25) is 0 Å². The van der Waals surface area contributed by atoms with Crippen molar-refractivity contribution in [1.29, 1.82) is 0 Å². The minimum absolute atomic E-state index is 0.0340. The van der Waals surface area contributed by atoms with Gasteiger partial charge >= 0.3 is 5.69 Å². The fourth-order valence-electron chi connectivity index (χ4n) is 2.70. The van der Waals surface area contributed by atoms with Gasteiger partial charge in [-0.05, 0) is 30.9 Å². The minimum atomic E-state index is -0.382. The van der Waals surface area contributed by atoms with Crippen molar-refractivity contribution in [3.63, 3.8) is 0 Å². The molecule has 0 aromatic heterocycles. The molecule has 0 bridgehead atoms. The van der Waals surface area contributed by atoms with Crippen LogP contribution in [0.2, 0.25) is 5.02 Å². The summed E-state index contributed by atoms with van der Waals surface area (Å²) in [7, 11) is 0. The Kier molecular flexibility index (Phi) is 3.76. The molecule has 1 aliphatic heterocycles. The quantitative estimate of drug-likeness (QED) is 0.617. The molecular formula is C13H17ClN2O2. The van der Waals surface area contributed by atoms with E-state index in [9.17, 15) is 10.1 Å². The number of nitrogens with zero attached hydrogens (tertiary/aromatic N) is 2. The number of hydrogen-bond donors (Lipinski definition) is 0. The van der Waals surface area contributed by atoms with Crippen LogP contribution in [0.4, 0.5) is 11.4 Å². The molecule has 0 aliphatic carbocycles. The van der Waals surface area contributed by atoms with Gasteiger partial charge in [-0.3, -0.25) is 10.1 Å². The zero-order chi connectivity index (χ0) is 13.3. The van der Waals surface area contributed by atoms with E-state index in [4.69, 9.17) is 11.6 Å². The molecule has 1 aliphatic rings. The maximum absolute atomic E-state index is 11.2. The summed E-state index contributed by atoms with van der Waals surface area (Å²) in [4.78, 5) is 12.9. The van der Waals surface area contributed by atoms with Crippen LogP contribution in [0.3, 0.4) is 0 Å². The van der Waals surface area contributed by atoms with Crippen molar-refractivity contribution in [3.05, 3.63) is 33.3 Å². The lowest BCUT2D eigenvalue weighted by Gasteiger charge is -2.29. The molecule has 0 spiro atoms. The van der Waals surface area contributed by atoms with Crippen molar-refractivity contribution < 1.29 is 4.92 Å². The number of halogens is 1. The second kappa shape index (κ2) is 5.14. The fourth-order valence-corrected chi connectivity index (χ4v) is 2.94. The standard InChI is InChI=1S/C13H17ClN2O2/c1-9(2)11-7-4-8-15(11)12-6-3-5-10(14)13(12)16(17)18/h3,5-6,9,11H,4,7-8H2,1-2H3. The molecule has 18 heavy (non-hydrogen) atoms. The van der Waals surface area contributed by atoms with E-state index in [0.29, 0.717) is 17.6 Å². The van der Waals surface area contributed by atoms with E-state index in [-0.39, 0.29) is 15.6 Å². The zero-order valence-electron chi connectivity index (χ0n) is 10.6. The summed E-state index contributed by atoms with van der Waals surface area (Å²) in [6.07, 6.45) is 2.16. The fraction of sp³-hybridized carbons (Fsp3) is 0.538. The molecular weight excluding hydrogens is 252 g/mol. The highest BCUT2D eigenvalue weighted by atomic mass is 35.5. The van der Waals surface area contributed by atoms with Gasteiger partial charge in [0, 0.05) is 12.6 Å². The first kappa shape index (κ1) is 13.1. The van der Waals surface area contributed by atoms with Gasteiger partial charge in [0.05, 0.1) is 4.92 Å². The van der Waals surface area contributed by atoms with Crippen molar-refractivity contribution >= 4 is 23.0 Å². The predicted molar refractivity (Wildman–Crippen MR) is 73.3 cm³/mol. The first-order valence-electron chi connectivity index (χ1n) is 6.22. The monoisotopic (exact) mass is 268 g/mol. The topological polar surface area (TPSA) is 46.4 Å². The zero-order valence-corrected chi connectivity index (χ0v) is 11.4. The van der Waals surface area contributed by atoms with Gasteiger partial charge < -0.3 is 4.90 Å². The molecule has 4 nitrogen and oxygen atoms in total. The molecule has 2 rings (SSSR count). The predicted octanol–water partition coefficient (Wildman–Crippen LogP) is 3.87. The van der Waals surface area contributed by atoms with Crippen molar-refractivity contribution in [3.8, 4) is 0 Å². The molecule has 1 fully saturated rings. The van der Waals surface area contributed by atoms with E-state index in [1.165, 1.54) is 0 Å². The number of rotatable bonds is 3. The van der Waals surface area contributed by atoms with Crippen molar-refractivity contribution in [2.75, 3.05) is 11.4 Å². The van der Waals surface area contributed by atoms with E-state index in [2.05, 4.69) is 18.7 Å². The third-order valence-corrected chi connectivity index (χ3v) is 3.83. The third-order valence-electron chi connectivity index (χ3n) is 3.53. The Morgan fingerprint density at radius 2 is 2.22 bits per heavy atom. The molecule has 0 amide bonds. The van der Waals surface area contributed by atoms with E-state index in [0.717, 1.165) is 19.4 Å². The molecule has 0 saturated carbocycles. The molecule has 1 aromatic rings. The molecule has 0 radical (unpaired) electrons. The summed E-state index contributed by atoms with van der Waals surface area (Å²) in [5.41, 5.74) is 0.690. The first-order valence-corrected chi connectivity index (χ1v) is 6.59. The summed E-state index contributed by atoms with van der Waals surface area (Å²) in [5, 5.41) is 11.4. The molecule has 1 unspecified atom stereocenters. The highest BCUT2D eigenvalue weighted by Crippen LogP contribution is 2.39. The second-order valence-electron chi connectivity index (χ2n) is 5.01. The lowest BCUT2D eigenvalue weighted by Crippen LogP contribution is -2.33. The summed E-state index contributed by atoms with van der Waals surface area (Å²) in [6.45, 7) is 5.17. The van der Waals surface area contributed by atoms with E-state index in [1.807, 2.05) is 0 Å². The minimum Gasteiger partial charge on any atom is -0.363 e.